The van der Waals surface area contributed by atoms with E-state index < -0.39 is 0 Å². The van der Waals surface area contributed by atoms with Crippen molar-refractivity contribution in [2.24, 2.45) is 0 Å². The van der Waals surface area contributed by atoms with Crippen molar-refractivity contribution in [2.45, 2.75) is 39.5 Å². The molecular weight excluding hydrogens is 243 g/mol. The first-order valence-corrected chi connectivity index (χ1v) is 5.71. The van der Waals surface area contributed by atoms with Gasteiger partial charge in [-0.2, -0.15) is 0 Å². The van der Waals surface area contributed by atoms with Gasteiger partial charge in [0, 0.05) is 4.47 Å². The quantitative estimate of drug-likeness (QED) is 0.713. The maximum atomic E-state index is 13.7. The van der Waals surface area contributed by atoms with Crippen LogP contribution in [0.2, 0.25) is 0 Å². The van der Waals surface area contributed by atoms with E-state index in [2.05, 4.69) is 29.8 Å². The summed E-state index contributed by atoms with van der Waals surface area (Å²) in [7, 11) is 0. The van der Waals surface area contributed by atoms with E-state index in [9.17, 15) is 4.39 Å². The van der Waals surface area contributed by atoms with Crippen molar-refractivity contribution in [3.8, 4) is 0 Å². The molecule has 14 heavy (non-hydrogen) atoms. The van der Waals surface area contributed by atoms with Gasteiger partial charge in [-0.25, -0.2) is 4.39 Å². The molecule has 78 valence electrons. The molecule has 1 aromatic rings. The minimum atomic E-state index is -0.0990. The standard InChI is InChI=1S/C12H16BrF/c1-7(2)10-5-9(13)6-11(14)12(10)8(3)4/h5-8H,1-4H3. The molecule has 0 heterocycles. The normalized spacial score (nSPS) is 11.4. The highest BCUT2D eigenvalue weighted by atomic mass is 79.9. The smallest absolute Gasteiger partial charge is 0.128 e. The Labute approximate surface area is 93.7 Å². The van der Waals surface area contributed by atoms with E-state index in [4.69, 9.17) is 0 Å². The van der Waals surface area contributed by atoms with E-state index >= 15 is 0 Å². The number of benzene rings is 1. The zero-order valence-electron chi connectivity index (χ0n) is 9.07. The zero-order valence-corrected chi connectivity index (χ0v) is 10.7. The van der Waals surface area contributed by atoms with Crippen molar-refractivity contribution in [2.75, 3.05) is 0 Å². The molecular formula is C12H16BrF. The van der Waals surface area contributed by atoms with E-state index in [1.165, 1.54) is 0 Å². The van der Waals surface area contributed by atoms with Crippen molar-refractivity contribution in [1.82, 2.24) is 0 Å². The molecule has 0 N–H and O–H groups in total. The highest BCUT2D eigenvalue weighted by Crippen LogP contribution is 2.31. The van der Waals surface area contributed by atoms with E-state index in [1.54, 1.807) is 6.07 Å². The Hall–Kier alpha value is -0.370. The fraction of sp³-hybridized carbons (Fsp3) is 0.500. The highest BCUT2D eigenvalue weighted by Gasteiger charge is 2.15. The molecule has 0 atom stereocenters. The number of hydrogen-bond acceptors (Lipinski definition) is 0. The minimum absolute atomic E-state index is 0.0990. The summed E-state index contributed by atoms with van der Waals surface area (Å²) >= 11 is 3.32. The van der Waals surface area contributed by atoms with Crippen LogP contribution in [-0.2, 0) is 0 Å². The van der Waals surface area contributed by atoms with E-state index in [0.717, 1.165) is 15.6 Å². The zero-order chi connectivity index (χ0) is 10.9. The maximum absolute atomic E-state index is 13.7. The Morgan fingerprint density at radius 3 is 2.07 bits per heavy atom. The van der Waals surface area contributed by atoms with Gasteiger partial charge in [-0.3, -0.25) is 0 Å². The van der Waals surface area contributed by atoms with Crippen molar-refractivity contribution in [3.63, 3.8) is 0 Å². The van der Waals surface area contributed by atoms with Gasteiger partial charge in [-0.1, -0.05) is 43.6 Å². The molecule has 0 radical (unpaired) electrons. The molecule has 2 heteroatoms. The monoisotopic (exact) mass is 258 g/mol. The number of hydrogen-bond donors (Lipinski definition) is 0. The predicted molar refractivity (Wildman–Crippen MR) is 62.3 cm³/mol. The molecule has 0 saturated carbocycles. The van der Waals surface area contributed by atoms with Crippen molar-refractivity contribution >= 4 is 15.9 Å². The average Bonchev–Trinajstić information content (AvgIpc) is 2.01. The summed E-state index contributed by atoms with van der Waals surface area (Å²) in [5.74, 6) is 0.498. The summed E-state index contributed by atoms with van der Waals surface area (Å²) in [6, 6.07) is 3.56. The Kier molecular flexibility index (Phi) is 3.71. The van der Waals surface area contributed by atoms with Crippen LogP contribution in [0, 0.1) is 5.82 Å². The molecule has 0 aliphatic rings. The second-order valence-corrected chi connectivity index (χ2v) is 5.12. The number of halogens is 2. The Morgan fingerprint density at radius 2 is 1.64 bits per heavy atom. The van der Waals surface area contributed by atoms with Crippen LogP contribution >= 0.6 is 15.9 Å². The molecule has 0 aliphatic carbocycles. The Bertz CT molecular complexity index is 329. The maximum Gasteiger partial charge on any atom is 0.128 e. The van der Waals surface area contributed by atoms with Crippen LogP contribution in [0.5, 0.6) is 0 Å². The summed E-state index contributed by atoms with van der Waals surface area (Å²) in [5.41, 5.74) is 1.95. The van der Waals surface area contributed by atoms with Gasteiger partial charge < -0.3 is 0 Å². The summed E-state index contributed by atoms with van der Waals surface area (Å²) in [6.07, 6.45) is 0. The first kappa shape index (κ1) is 11.7. The van der Waals surface area contributed by atoms with Gasteiger partial charge in [0.2, 0.25) is 0 Å². The van der Waals surface area contributed by atoms with Gasteiger partial charge in [-0.15, -0.1) is 0 Å². The molecule has 0 unspecified atom stereocenters. The Balaban J connectivity index is 3.37. The summed E-state index contributed by atoms with van der Waals surface area (Å²) in [5, 5.41) is 0. The van der Waals surface area contributed by atoms with Crippen molar-refractivity contribution < 1.29 is 4.39 Å². The second kappa shape index (κ2) is 4.43. The highest BCUT2D eigenvalue weighted by molar-refractivity contribution is 9.10. The fourth-order valence-corrected chi connectivity index (χ4v) is 2.14. The van der Waals surface area contributed by atoms with Gasteiger partial charge in [-0.05, 0) is 35.1 Å². The van der Waals surface area contributed by atoms with Crippen LogP contribution in [0.15, 0.2) is 16.6 Å². The first-order chi connectivity index (χ1) is 6.43. The van der Waals surface area contributed by atoms with E-state index in [1.807, 2.05) is 19.9 Å². The third-order valence-electron chi connectivity index (χ3n) is 2.33. The SMILES string of the molecule is CC(C)c1cc(Br)cc(F)c1C(C)C. The largest absolute Gasteiger partial charge is 0.207 e. The molecule has 0 amide bonds. The molecule has 0 aromatic heterocycles. The van der Waals surface area contributed by atoms with Crippen molar-refractivity contribution in [3.05, 3.63) is 33.5 Å². The van der Waals surface area contributed by atoms with Crippen LogP contribution < -0.4 is 0 Å². The van der Waals surface area contributed by atoms with Crippen LogP contribution in [0.25, 0.3) is 0 Å². The predicted octanol–water partition coefficient (Wildman–Crippen LogP) is 4.84. The molecule has 0 spiro atoms. The lowest BCUT2D eigenvalue weighted by atomic mass is 9.90. The lowest BCUT2D eigenvalue weighted by molar-refractivity contribution is 0.588. The van der Waals surface area contributed by atoms with Crippen LogP contribution in [-0.4, -0.2) is 0 Å². The average molecular weight is 259 g/mol. The van der Waals surface area contributed by atoms with E-state index in [0.29, 0.717) is 5.92 Å². The topological polar surface area (TPSA) is 0 Å². The number of rotatable bonds is 2. The first-order valence-electron chi connectivity index (χ1n) is 4.92. The summed E-state index contributed by atoms with van der Waals surface area (Å²) in [6.45, 7) is 8.23. The second-order valence-electron chi connectivity index (χ2n) is 4.20. The van der Waals surface area contributed by atoms with Gasteiger partial charge in [0.1, 0.15) is 5.82 Å². The molecule has 1 aromatic carbocycles. The third-order valence-corrected chi connectivity index (χ3v) is 2.78. The lowest BCUT2D eigenvalue weighted by Crippen LogP contribution is -2.02. The van der Waals surface area contributed by atoms with Crippen LogP contribution in [0.3, 0.4) is 0 Å². The van der Waals surface area contributed by atoms with Gasteiger partial charge in [0.25, 0.3) is 0 Å². The van der Waals surface area contributed by atoms with Crippen molar-refractivity contribution in [1.29, 1.82) is 0 Å². The molecule has 0 fully saturated rings. The summed E-state index contributed by atoms with van der Waals surface area (Å²) < 4.78 is 14.5. The molecule has 0 bridgehead atoms. The van der Waals surface area contributed by atoms with Gasteiger partial charge in [0.15, 0.2) is 0 Å². The van der Waals surface area contributed by atoms with Gasteiger partial charge >= 0.3 is 0 Å². The molecule has 1 rings (SSSR count). The summed E-state index contributed by atoms with van der Waals surface area (Å²) in [4.78, 5) is 0. The molecule has 0 aliphatic heterocycles. The Morgan fingerprint density at radius 1 is 1.07 bits per heavy atom. The van der Waals surface area contributed by atoms with Crippen LogP contribution in [0.4, 0.5) is 4.39 Å². The third kappa shape index (κ3) is 2.35. The molecule has 0 saturated heterocycles. The molecule has 0 nitrogen and oxygen atoms in total. The van der Waals surface area contributed by atoms with E-state index in [-0.39, 0.29) is 11.7 Å². The minimum Gasteiger partial charge on any atom is -0.207 e. The van der Waals surface area contributed by atoms with Crippen LogP contribution in [0.1, 0.15) is 50.7 Å². The lowest BCUT2D eigenvalue weighted by Gasteiger charge is -2.17. The fourth-order valence-electron chi connectivity index (χ4n) is 1.69. The van der Waals surface area contributed by atoms with Gasteiger partial charge in [0.05, 0.1) is 0 Å².